The van der Waals surface area contributed by atoms with Crippen LogP contribution in [-0.4, -0.2) is 32.3 Å². The summed E-state index contributed by atoms with van der Waals surface area (Å²) in [5.74, 6) is 0.122. The first-order valence-electron chi connectivity index (χ1n) is 8.16. The molecule has 25 heavy (non-hydrogen) atoms. The number of hydrogen-bond acceptors (Lipinski definition) is 5. The minimum absolute atomic E-state index is 0.163. The number of carbonyl (C=O) groups is 1. The van der Waals surface area contributed by atoms with Crippen LogP contribution in [0.5, 0.6) is 0 Å². The van der Waals surface area contributed by atoms with Crippen LogP contribution in [-0.2, 0) is 11.3 Å². The van der Waals surface area contributed by atoms with Crippen molar-refractivity contribution < 1.29 is 9.53 Å². The Balaban J connectivity index is 1.80. The van der Waals surface area contributed by atoms with E-state index in [-0.39, 0.29) is 12.1 Å². The van der Waals surface area contributed by atoms with Crippen molar-refractivity contribution in [3.8, 4) is 11.4 Å². The van der Waals surface area contributed by atoms with Gasteiger partial charge < -0.3 is 4.74 Å². The fourth-order valence-corrected chi connectivity index (χ4v) is 2.43. The highest BCUT2D eigenvalue weighted by molar-refractivity contribution is 5.90. The molecule has 0 saturated heterocycles. The number of benzene rings is 2. The molecule has 6 nitrogen and oxygen atoms in total. The quantitative estimate of drug-likeness (QED) is 0.669. The fourth-order valence-electron chi connectivity index (χ4n) is 2.43. The van der Waals surface area contributed by atoms with Crippen LogP contribution < -0.4 is 0 Å². The van der Waals surface area contributed by atoms with Gasteiger partial charge in [-0.05, 0) is 49.2 Å². The highest BCUT2D eigenvalue weighted by atomic mass is 16.5. The van der Waals surface area contributed by atoms with Gasteiger partial charge in [0.2, 0.25) is 5.82 Å². The monoisotopic (exact) mass is 336 g/mol. The number of aryl methyl sites for hydroxylation is 1. The van der Waals surface area contributed by atoms with E-state index < -0.39 is 0 Å². The molecule has 0 saturated carbocycles. The van der Waals surface area contributed by atoms with E-state index >= 15 is 0 Å². The molecule has 1 aromatic heterocycles. The van der Waals surface area contributed by atoms with E-state index in [9.17, 15) is 4.79 Å². The van der Waals surface area contributed by atoms with Crippen molar-refractivity contribution in [3.05, 3.63) is 65.2 Å². The first-order valence-corrected chi connectivity index (χ1v) is 8.16. The van der Waals surface area contributed by atoms with Crippen molar-refractivity contribution in [2.24, 2.45) is 0 Å². The second-order valence-electron chi connectivity index (χ2n) is 6.10. The van der Waals surface area contributed by atoms with Crippen molar-refractivity contribution in [2.75, 3.05) is 0 Å². The average molecular weight is 336 g/mol. The van der Waals surface area contributed by atoms with Gasteiger partial charge in [0.05, 0.1) is 18.2 Å². The van der Waals surface area contributed by atoms with Crippen LogP contribution in [0, 0.1) is 6.92 Å². The summed E-state index contributed by atoms with van der Waals surface area (Å²) in [6.45, 7) is 6.24. The van der Waals surface area contributed by atoms with Gasteiger partial charge in [-0.15, -0.1) is 10.2 Å². The Morgan fingerprint density at radius 3 is 2.72 bits per heavy atom. The van der Waals surface area contributed by atoms with Crippen LogP contribution in [0.1, 0.15) is 35.3 Å². The standard InChI is InChI=1S/C19H20N4O2/c1-13(2)25-19(24)16-10-6-9-15(11-16)18-20-22-23(21-18)12-17-8-5-4-7-14(17)3/h4-11,13H,12H2,1-3H3. The van der Waals surface area contributed by atoms with Crippen LogP contribution in [0.3, 0.4) is 0 Å². The predicted molar refractivity (Wildman–Crippen MR) is 94.1 cm³/mol. The van der Waals surface area contributed by atoms with E-state index in [1.54, 1.807) is 23.0 Å². The lowest BCUT2D eigenvalue weighted by Crippen LogP contribution is -2.11. The lowest BCUT2D eigenvalue weighted by molar-refractivity contribution is 0.0378. The second-order valence-corrected chi connectivity index (χ2v) is 6.10. The second kappa shape index (κ2) is 7.25. The molecule has 0 aliphatic rings. The smallest absolute Gasteiger partial charge is 0.338 e. The molecule has 0 aliphatic heterocycles. The van der Waals surface area contributed by atoms with Crippen LogP contribution in [0.2, 0.25) is 0 Å². The van der Waals surface area contributed by atoms with Gasteiger partial charge in [-0.25, -0.2) is 4.79 Å². The highest BCUT2D eigenvalue weighted by Crippen LogP contribution is 2.17. The number of rotatable bonds is 5. The summed E-state index contributed by atoms with van der Waals surface area (Å²) in [4.78, 5) is 13.6. The number of ether oxygens (including phenoxy) is 1. The molecule has 0 radical (unpaired) electrons. The summed E-state index contributed by atoms with van der Waals surface area (Å²) in [6, 6.07) is 15.2. The van der Waals surface area contributed by atoms with Gasteiger partial charge >= 0.3 is 5.97 Å². The summed E-state index contributed by atoms with van der Waals surface area (Å²) in [7, 11) is 0. The molecule has 0 aliphatic carbocycles. The number of carbonyl (C=O) groups excluding carboxylic acids is 1. The van der Waals surface area contributed by atoms with Gasteiger partial charge in [0.25, 0.3) is 0 Å². The maximum atomic E-state index is 12.0. The Labute approximate surface area is 146 Å². The van der Waals surface area contributed by atoms with Gasteiger partial charge in [-0.1, -0.05) is 36.4 Å². The van der Waals surface area contributed by atoms with Crippen molar-refractivity contribution in [3.63, 3.8) is 0 Å². The van der Waals surface area contributed by atoms with Crippen molar-refractivity contribution in [2.45, 2.75) is 33.4 Å². The van der Waals surface area contributed by atoms with E-state index in [2.05, 4.69) is 28.4 Å². The van der Waals surface area contributed by atoms with Crippen molar-refractivity contribution >= 4 is 5.97 Å². The van der Waals surface area contributed by atoms with E-state index in [1.165, 1.54) is 5.56 Å². The number of esters is 1. The summed E-state index contributed by atoms with van der Waals surface area (Å²) in [5.41, 5.74) is 3.52. The number of tetrazole rings is 1. The molecule has 0 unspecified atom stereocenters. The van der Waals surface area contributed by atoms with E-state index in [0.717, 1.165) is 11.1 Å². The molecule has 3 rings (SSSR count). The van der Waals surface area contributed by atoms with E-state index in [1.807, 2.05) is 38.1 Å². The third kappa shape index (κ3) is 4.09. The van der Waals surface area contributed by atoms with E-state index in [4.69, 9.17) is 4.74 Å². The molecule has 6 heteroatoms. The molecule has 0 fully saturated rings. The third-order valence-corrected chi connectivity index (χ3v) is 3.73. The third-order valence-electron chi connectivity index (χ3n) is 3.73. The molecule has 1 heterocycles. The molecule has 2 aromatic carbocycles. The summed E-state index contributed by atoms with van der Waals surface area (Å²) < 4.78 is 5.22. The molecule has 3 aromatic rings. The van der Waals surface area contributed by atoms with Gasteiger partial charge in [0.15, 0.2) is 0 Å². The molecular weight excluding hydrogens is 316 g/mol. The van der Waals surface area contributed by atoms with Crippen LogP contribution in [0.4, 0.5) is 0 Å². The first kappa shape index (κ1) is 16.8. The molecule has 0 amide bonds. The average Bonchev–Trinajstić information content (AvgIpc) is 3.05. The lowest BCUT2D eigenvalue weighted by Gasteiger charge is -2.08. The van der Waals surface area contributed by atoms with Gasteiger partial charge in [0.1, 0.15) is 0 Å². The Bertz CT molecular complexity index is 886. The van der Waals surface area contributed by atoms with Gasteiger partial charge in [0, 0.05) is 5.56 Å². The molecule has 0 spiro atoms. The maximum Gasteiger partial charge on any atom is 0.338 e. The van der Waals surface area contributed by atoms with Crippen molar-refractivity contribution in [1.29, 1.82) is 0 Å². The molecule has 128 valence electrons. The maximum absolute atomic E-state index is 12.0. The molecule has 0 bridgehead atoms. The molecule has 0 atom stereocenters. The van der Waals surface area contributed by atoms with Crippen LogP contribution >= 0.6 is 0 Å². The lowest BCUT2D eigenvalue weighted by atomic mass is 10.1. The minimum atomic E-state index is -0.357. The predicted octanol–water partition coefficient (Wildman–Crippen LogP) is 3.26. The largest absolute Gasteiger partial charge is 0.459 e. The topological polar surface area (TPSA) is 69.9 Å². The molecular formula is C19H20N4O2. The van der Waals surface area contributed by atoms with E-state index in [0.29, 0.717) is 17.9 Å². The summed E-state index contributed by atoms with van der Waals surface area (Å²) in [5, 5.41) is 12.6. The number of hydrogen-bond donors (Lipinski definition) is 0. The Hall–Kier alpha value is -3.02. The Kier molecular flexibility index (Phi) is 4.88. The van der Waals surface area contributed by atoms with Gasteiger partial charge in [-0.2, -0.15) is 4.80 Å². The zero-order valence-electron chi connectivity index (χ0n) is 14.5. The normalized spacial score (nSPS) is 10.9. The Morgan fingerprint density at radius 2 is 1.96 bits per heavy atom. The number of nitrogens with zero attached hydrogens (tertiary/aromatic N) is 4. The van der Waals surface area contributed by atoms with Crippen molar-refractivity contribution in [1.82, 2.24) is 20.2 Å². The first-order chi connectivity index (χ1) is 12.0. The number of aromatic nitrogens is 4. The highest BCUT2D eigenvalue weighted by Gasteiger charge is 2.13. The summed E-state index contributed by atoms with van der Waals surface area (Å²) >= 11 is 0. The fraction of sp³-hybridized carbons (Fsp3) is 0.263. The van der Waals surface area contributed by atoms with Gasteiger partial charge in [-0.3, -0.25) is 0 Å². The van der Waals surface area contributed by atoms with Crippen LogP contribution in [0.15, 0.2) is 48.5 Å². The minimum Gasteiger partial charge on any atom is -0.459 e. The Morgan fingerprint density at radius 1 is 1.16 bits per heavy atom. The zero-order valence-corrected chi connectivity index (χ0v) is 14.5. The zero-order chi connectivity index (χ0) is 17.8. The SMILES string of the molecule is Cc1ccccc1Cn1nnc(-c2cccc(C(=O)OC(C)C)c2)n1. The van der Waals surface area contributed by atoms with Crippen LogP contribution in [0.25, 0.3) is 11.4 Å². The molecule has 0 N–H and O–H groups in total. The summed E-state index contributed by atoms with van der Waals surface area (Å²) in [6.07, 6.45) is -0.163.